The van der Waals surface area contributed by atoms with Gasteiger partial charge in [0.25, 0.3) is 0 Å². The molecule has 0 aromatic heterocycles. The summed E-state index contributed by atoms with van der Waals surface area (Å²) in [5, 5.41) is 0. The van der Waals surface area contributed by atoms with E-state index in [1.165, 1.54) is 5.56 Å². The summed E-state index contributed by atoms with van der Waals surface area (Å²) >= 11 is 0. The third-order valence-corrected chi connectivity index (χ3v) is 2.48. The first-order chi connectivity index (χ1) is 7.43. The monoisotopic (exact) mass is 218 g/mol. The van der Waals surface area contributed by atoms with E-state index in [2.05, 4.69) is 52.5 Å². The Morgan fingerprint density at radius 2 is 1.81 bits per heavy atom. The average molecular weight is 218 g/mol. The van der Waals surface area contributed by atoms with Crippen LogP contribution in [0.3, 0.4) is 0 Å². The number of allylic oxidation sites excluding steroid dienone is 1. The molecule has 0 atom stereocenters. The quantitative estimate of drug-likeness (QED) is 0.716. The van der Waals surface area contributed by atoms with E-state index in [9.17, 15) is 0 Å². The highest BCUT2D eigenvalue weighted by Gasteiger charge is 2.14. The number of para-hydroxylation sites is 1. The maximum atomic E-state index is 5.94. The molecule has 0 spiro atoms. The summed E-state index contributed by atoms with van der Waals surface area (Å²) in [5.74, 6) is 1.47. The highest BCUT2D eigenvalue weighted by molar-refractivity contribution is 5.69. The van der Waals surface area contributed by atoms with Gasteiger partial charge in [-0.25, -0.2) is 0 Å². The van der Waals surface area contributed by atoms with Gasteiger partial charge in [0, 0.05) is 5.56 Å². The van der Waals surface area contributed by atoms with Crippen LogP contribution in [0.15, 0.2) is 24.8 Å². The molecule has 0 saturated heterocycles. The second-order valence-corrected chi connectivity index (χ2v) is 4.83. The first-order valence-electron chi connectivity index (χ1n) is 5.89. The van der Waals surface area contributed by atoms with Gasteiger partial charge in [-0.1, -0.05) is 38.6 Å². The van der Waals surface area contributed by atoms with Crippen LogP contribution in [0.4, 0.5) is 0 Å². The second-order valence-electron chi connectivity index (χ2n) is 4.83. The van der Waals surface area contributed by atoms with Crippen molar-refractivity contribution < 1.29 is 4.74 Å². The Bertz CT molecular complexity index is 375. The molecule has 1 nitrogen and oxygen atoms in total. The van der Waals surface area contributed by atoms with E-state index in [1.807, 2.05) is 6.92 Å². The molecule has 88 valence electrons. The zero-order valence-electron chi connectivity index (χ0n) is 11.0. The van der Waals surface area contributed by atoms with Crippen molar-refractivity contribution in [1.29, 1.82) is 0 Å². The van der Waals surface area contributed by atoms with Gasteiger partial charge in [-0.3, -0.25) is 0 Å². The van der Waals surface area contributed by atoms with Crippen molar-refractivity contribution in [2.45, 2.75) is 46.6 Å². The Morgan fingerprint density at radius 3 is 2.25 bits per heavy atom. The minimum Gasteiger partial charge on any atom is -0.490 e. The first kappa shape index (κ1) is 12.8. The van der Waals surface area contributed by atoms with Gasteiger partial charge >= 0.3 is 0 Å². The number of hydrogen-bond donors (Lipinski definition) is 0. The molecule has 0 aliphatic carbocycles. The van der Waals surface area contributed by atoms with Crippen molar-refractivity contribution in [1.82, 2.24) is 0 Å². The van der Waals surface area contributed by atoms with Gasteiger partial charge in [0.15, 0.2) is 0 Å². The van der Waals surface area contributed by atoms with Gasteiger partial charge in [0.05, 0.1) is 6.10 Å². The minimum atomic E-state index is 0.193. The van der Waals surface area contributed by atoms with Crippen molar-refractivity contribution in [2.75, 3.05) is 0 Å². The summed E-state index contributed by atoms with van der Waals surface area (Å²) in [4.78, 5) is 0. The summed E-state index contributed by atoms with van der Waals surface area (Å²) < 4.78 is 5.94. The molecule has 0 unspecified atom stereocenters. The molecule has 16 heavy (non-hydrogen) atoms. The lowest BCUT2D eigenvalue weighted by Gasteiger charge is -2.20. The molecule has 1 aromatic carbocycles. The van der Waals surface area contributed by atoms with Crippen molar-refractivity contribution in [3.8, 4) is 5.75 Å². The number of rotatable bonds is 4. The largest absolute Gasteiger partial charge is 0.490 e. The summed E-state index contributed by atoms with van der Waals surface area (Å²) in [6.07, 6.45) is 0.193. The van der Waals surface area contributed by atoms with Crippen LogP contribution in [0, 0.1) is 0 Å². The normalized spacial score (nSPS) is 10.9. The molecule has 0 heterocycles. The third kappa shape index (κ3) is 2.88. The zero-order valence-corrected chi connectivity index (χ0v) is 11.0. The maximum Gasteiger partial charge on any atom is 0.130 e. The molecular formula is C15H22O. The van der Waals surface area contributed by atoms with Crippen molar-refractivity contribution >= 4 is 5.57 Å². The van der Waals surface area contributed by atoms with Gasteiger partial charge in [0.2, 0.25) is 0 Å². The average Bonchev–Trinajstić information content (AvgIpc) is 2.16. The highest BCUT2D eigenvalue weighted by atomic mass is 16.5. The lowest BCUT2D eigenvalue weighted by atomic mass is 9.96. The van der Waals surface area contributed by atoms with Gasteiger partial charge in [0.1, 0.15) is 5.75 Å². The second kappa shape index (κ2) is 5.20. The molecule has 1 rings (SSSR count). The topological polar surface area (TPSA) is 9.23 Å². The molecule has 0 saturated carbocycles. The molecule has 0 radical (unpaired) electrons. The summed E-state index contributed by atoms with van der Waals surface area (Å²) in [6.45, 7) is 14.5. The number of benzene rings is 1. The van der Waals surface area contributed by atoms with Gasteiger partial charge in [-0.15, -0.1) is 0 Å². The molecular weight excluding hydrogens is 196 g/mol. The number of ether oxygens (including phenoxy) is 1. The standard InChI is InChI=1S/C15H22O/c1-10(2)13-8-7-9-14(11(3)4)15(13)16-12(5)6/h7-9,11-12H,1H2,2-6H3. The summed E-state index contributed by atoms with van der Waals surface area (Å²) in [5.41, 5.74) is 3.44. The minimum absolute atomic E-state index is 0.193. The summed E-state index contributed by atoms with van der Waals surface area (Å²) in [7, 11) is 0. The van der Waals surface area contributed by atoms with Gasteiger partial charge < -0.3 is 4.74 Å². The van der Waals surface area contributed by atoms with Gasteiger partial charge in [-0.05, 0) is 37.8 Å². The molecule has 0 fully saturated rings. The Labute approximate surface area is 99.1 Å². The van der Waals surface area contributed by atoms with Crippen LogP contribution >= 0.6 is 0 Å². The summed E-state index contributed by atoms with van der Waals surface area (Å²) in [6, 6.07) is 6.28. The van der Waals surface area contributed by atoms with E-state index >= 15 is 0 Å². The molecule has 1 heteroatoms. The van der Waals surface area contributed by atoms with Crippen LogP contribution in [-0.4, -0.2) is 6.10 Å². The molecule has 0 aliphatic rings. The molecule has 0 aliphatic heterocycles. The van der Waals surface area contributed by atoms with E-state index in [0.29, 0.717) is 5.92 Å². The zero-order chi connectivity index (χ0) is 12.3. The van der Waals surface area contributed by atoms with Crippen molar-refractivity contribution in [3.05, 3.63) is 35.9 Å². The lowest BCUT2D eigenvalue weighted by Crippen LogP contribution is -2.09. The predicted octanol–water partition coefficient (Wildman–Crippen LogP) is 4.63. The van der Waals surface area contributed by atoms with Crippen molar-refractivity contribution in [2.24, 2.45) is 0 Å². The van der Waals surface area contributed by atoms with E-state index in [0.717, 1.165) is 16.9 Å². The Morgan fingerprint density at radius 1 is 1.19 bits per heavy atom. The number of hydrogen-bond acceptors (Lipinski definition) is 1. The van der Waals surface area contributed by atoms with Crippen LogP contribution in [0.2, 0.25) is 0 Å². The lowest BCUT2D eigenvalue weighted by molar-refractivity contribution is 0.238. The fraction of sp³-hybridized carbons (Fsp3) is 0.467. The third-order valence-electron chi connectivity index (χ3n) is 2.48. The smallest absolute Gasteiger partial charge is 0.130 e. The highest BCUT2D eigenvalue weighted by Crippen LogP contribution is 2.34. The molecule has 1 aromatic rings. The fourth-order valence-corrected chi connectivity index (χ4v) is 1.71. The SMILES string of the molecule is C=C(C)c1cccc(C(C)C)c1OC(C)C. The van der Waals surface area contributed by atoms with E-state index in [4.69, 9.17) is 4.74 Å². The van der Waals surface area contributed by atoms with Crippen LogP contribution < -0.4 is 4.74 Å². The molecule has 0 N–H and O–H groups in total. The van der Waals surface area contributed by atoms with Crippen LogP contribution in [0.25, 0.3) is 5.57 Å². The van der Waals surface area contributed by atoms with E-state index in [-0.39, 0.29) is 6.10 Å². The maximum absolute atomic E-state index is 5.94. The predicted molar refractivity (Wildman–Crippen MR) is 71.0 cm³/mol. The first-order valence-corrected chi connectivity index (χ1v) is 5.89. The van der Waals surface area contributed by atoms with Crippen LogP contribution in [0.1, 0.15) is 51.7 Å². The van der Waals surface area contributed by atoms with Gasteiger partial charge in [-0.2, -0.15) is 0 Å². The van der Waals surface area contributed by atoms with Crippen LogP contribution in [-0.2, 0) is 0 Å². The Kier molecular flexibility index (Phi) is 4.17. The van der Waals surface area contributed by atoms with E-state index in [1.54, 1.807) is 0 Å². The fourth-order valence-electron chi connectivity index (χ4n) is 1.71. The van der Waals surface area contributed by atoms with Crippen LogP contribution in [0.5, 0.6) is 5.75 Å². The Hall–Kier alpha value is -1.24. The Balaban J connectivity index is 3.29. The molecule has 0 bridgehead atoms. The van der Waals surface area contributed by atoms with E-state index < -0.39 is 0 Å². The van der Waals surface area contributed by atoms with Crippen molar-refractivity contribution in [3.63, 3.8) is 0 Å². The molecule has 0 amide bonds.